The summed E-state index contributed by atoms with van der Waals surface area (Å²) in [7, 11) is -3.78. The van der Waals surface area contributed by atoms with E-state index in [0.29, 0.717) is 50.3 Å². The second-order valence-electron chi connectivity index (χ2n) is 9.66. The van der Waals surface area contributed by atoms with E-state index in [4.69, 9.17) is 9.72 Å². The van der Waals surface area contributed by atoms with Crippen LogP contribution in [0.4, 0.5) is 0 Å². The van der Waals surface area contributed by atoms with Crippen LogP contribution in [0.5, 0.6) is 5.88 Å². The van der Waals surface area contributed by atoms with Crippen molar-refractivity contribution in [2.45, 2.75) is 45.1 Å². The molecule has 0 aliphatic carbocycles. The summed E-state index contributed by atoms with van der Waals surface area (Å²) in [4.78, 5) is 29.7. The number of nitrogens with zero attached hydrogens (tertiary/aromatic N) is 7. The highest BCUT2D eigenvalue weighted by Crippen LogP contribution is 2.31. The molecule has 2 aliphatic heterocycles. The lowest BCUT2D eigenvalue weighted by Crippen LogP contribution is -2.48. The van der Waals surface area contributed by atoms with Crippen LogP contribution in [-0.4, -0.2) is 106 Å². The van der Waals surface area contributed by atoms with Gasteiger partial charge < -0.3 is 14.6 Å². The molecule has 0 aromatic carbocycles. The van der Waals surface area contributed by atoms with Crippen LogP contribution < -0.4 is 10.3 Å². The number of H-pyrrole nitrogens is 1. The van der Waals surface area contributed by atoms with Gasteiger partial charge in [0.2, 0.25) is 15.9 Å². The van der Waals surface area contributed by atoms with Crippen LogP contribution in [0.3, 0.4) is 0 Å². The fraction of sp³-hybridized carbons (Fsp3) is 0.600. The first-order valence-electron chi connectivity index (χ1n) is 13.4. The zero-order valence-electron chi connectivity index (χ0n) is 22.5. The van der Waals surface area contributed by atoms with Gasteiger partial charge in [0.1, 0.15) is 16.2 Å². The van der Waals surface area contributed by atoms with E-state index in [1.54, 1.807) is 0 Å². The average molecular weight is 545 g/mol. The number of likely N-dealkylation sites (tertiary alicyclic amines) is 1. The first kappa shape index (κ1) is 26.7. The van der Waals surface area contributed by atoms with Crippen molar-refractivity contribution in [2.75, 3.05) is 59.0 Å². The first-order valence-corrected chi connectivity index (χ1v) is 14.8. The van der Waals surface area contributed by atoms with Crippen molar-refractivity contribution in [3.05, 3.63) is 28.3 Å². The summed E-state index contributed by atoms with van der Waals surface area (Å²) in [5.41, 5.74) is 1.64. The number of hydrogen-bond acceptors (Lipinski definition) is 9. The maximum absolute atomic E-state index is 13.5. The van der Waals surface area contributed by atoms with E-state index < -0.39 is 10.0 Å². The molecule has 2 saturated heterocycles. The molecule has 2 fully saturated rings. The van der Waals surface area contributed by atoms with Crippen molar-refractivity contribution in [1.29, 1.82) is 0 Å². The fourth-order valence-electron chi connectivity index (χ4n) is 5.18. The highest BCUT2D eigenvalue weighted by Gasteiger charge is 2.32. The zero-order chi connectivity index (χ0) is 27.0. The standard InChI is InChI=1S/C25H36N8O4S/c1-5-20-21-22(29-33(20)17-15-31(7-3)16-17)24(34)28-23(27-21)19-13-18(14-26-25(19)37-8-4)38(35,36)32-11-9-30(6-2)10-12-32/h13-14,17H,5-12,15-16H2,1-4H3,(H,27,28,34). The van der Waals surface area contributed by atoms with Gasteiger partial charge in [-0.15, -0.1) is 0 Å². The average Bonchev–Trinajstić information content (AvgIpc) is 3.27. The van der Waals surface area contributed by atoms with Crippen molar-refractivity contribution in [3.8, 4) is 17.3 Å². The molecular formula is C25H36N8O4S. The molecule has 1 N–H and O–H groups in total. The smallest absolute Gasteiger partial charge is 0.279 e. The van der Waals surface area contributed by atoms with Gasteiger partial charge in [-0.3, -0.25) is 14.4 Å². The molecule has 206 valence electrons. The minimum atomic E-state index is -3.78. The summed E-state index contributed by atoms with van der Waals surface area (Å²) >= 11 is 0. The third-order valence-corrected chi connectivity index (χ3v) is 9.36. The van der Waals surface area contributed by atoms with Gasteiger partial charge in [-0.1, -0.05) is 20.8 Å². The summed E-state index contributed by atoms with van der Waals surface area (Å²) in [6, 6.07) is 1.70. The molecule has 0 spiro atoms. The molecule has 38 heavy (non-hydrogen) atoms. The van der Waals surface area contributed by atoms with Gasteiger partial charge in [-0.05, 0) is 32.5 Å². The Balaban J connectivity index is 1.57. The van der Waals surface area contributed by atoms with E-state index in [1.165, 1.54) is 16.6 Å². The molecule has 5 heterocycles. The molecular weight excluding hydrogens is 508 g/mol. The van der Waals surface area contributed by atoms with Crippen molar-refractivity contribution < 1.29 is 13.2 Å². The third kappa shape index (κ3) is 4.72. The van der Waals surface area contributed by atoms with Gasteiger partial charge in [-0.25, -0.2) is 18.4 Å². The second kappa shape index (κ2) is 10.7. The van der Waals surface area contributed by atoms with Crippen molar-refractivity contribution >= 4 is 21.1 Å². The van der Waals surface area contributed by atoms with Crippen LogP contribution in [0, 0.1) is 0 Å². The van der Waals surface area contributed by atoms with Crippen molar-refractivity contribution in [3.63, 3.8) is 0 Å². The number of likely N-dealkylation sites (N-methyl/N-ethyl adjacent to an activating group) is 2. The van der Waals surface area contributed by atoms with E-state index in [0.717, 1.165) is 31.9 Å². The number of fused-ring (bicyclic) bond motifs is 1. The van der Waals surface area contributed by atoms with E-state index in [9.17, 15) is 13.2 Å². The molecule has 3 aromatic rings. The molecule has 0 saturated carbocycles. The maximum Gasteiger partial charge on any atom is 0.279 e. The van der Waals surface area contributed by atoms with E-state index in [-0.39, 0.29) is 33.7 Å². The normalized spacial score (nSPS) is 18.2. The number of aryl methyl sites for hydroxylation is 1. The van der Waals surface area contributed by atoms with Gasteiger partial charge in [-0.2, -0.15) is 9.40 Å². The van der Waals surface area contributed by atoms with Crippen LogP contribution in [-0.2, 0) is 16.4 Å². The predicted molar refractivity (Wildman–Crippen MR) is 144 cm³/mol. The van der Waals surface area contributed by atoms with Crippen molar-refractivity contribution in [2.24, 2.45) is 0 Å². The van der Waals surface area contributed by atoms with Crippen LogP contribution in [0.1, 0.15) is 39.4 Å². The monoisotopic (exact) mass is 544 g/mol. The molecule has 5 rings (SSSR count). The Hall–Kier alpha value is -2.87. The van der Waals surface area contributed by atoms with Gasteiger partial charge >= 0.3 is 0 Å². The van der Waals surface area contributed by atoms with Crippen LogP contribution >= 0.6 is 0 Å². The largest absolute Gasteiger partial charge is 0.477 e. The van der Waals surface area contributed by atoms with E-state index in [2.05, 4.69) is 38.7 Å². The molecule has 3 aromatic heterocycles. The molecule has 2 aliphatic rings. The minimum Gasteiger partial charge on any atom is -0.477 e. The quantitative estimate of drug-likeness (QED) is 0.424. The van der Waals surface area contributed by atoms with E-state index >= 15 is 0 Å². The number of sulfonamides is 1. The Labute approximate surface area is 222 Å². The summed E-state index contributed by atoms with van der Waals surface area (Å²) in [5.74, 6) is 0.428. The zero-order valence-corrected chi connectivity index (χ0v) is 23.3. The summed E-state index contributed by atoms with van der Waals surface area (Å²) < 4.78 is 36.1. The Morgan fingerprint density at radius 1 is 1.03 bits per heavy atom. The number of aromatic amines is 1. The summed E-state index contributed by atoms with van der Waals surface area (Å²) in [6.07, 6.45) is 1.97. The van der Waals surface area contributed by atoms with Gasteiger partial charge in [0, 0.05) is 39.3 Å². The predicted octanol–water partition coefficient (Wildman–Crippen LogP) is 1.35. The summed E-state index contributed by atoms with van der Waals surface area (Å²) in [6.45, 7) is 14.2. The Morgan fingerprint density at radius 2 is 1.74 bits per heavy atom. The molecule has 13 heteroatoms. The van der Waals surface area contributed by atoms with Crippen molar-refractivity contribution in [1.82, 2.24) is 38.8 Å². The molecule has 0 unspecified atom stereocenters. The lowest BCUT2D eigenvalue weighted by atomic mass is 10.1. The third-order valence-electron chi connectivity index (χ3n) is 7.50. The second-order valence-corrected chi connectivity index (χ2v) is 11.6. The van der Waals surface area contributed by atoms with Gasteiger partial charge in [0.25, 0.3) is 5.56 Å². The molecule has 0 radical (unpaired) electrons. The maximum atomic E-state index is 13.5. The topological polar surface area (TPSA) is 130 Å². The lowest BCUT2D eigenvalue weighted by Gasteiger charge is -2.39. The Kier molecular flexibility index (Phi) is 7.54. The molecule has 12 nitrogen and oxygen atoms in total. The first-order chi connectivity index (χ1) is 18.3. The number of pyridine rings is 1. The number of hydrogen-bond donors (Lipinski definition) is 1. The highest BCUT2D eigenvalue weighted by molar-refractivity contribution is 7.89. The Bertz CT molecular complexity index is 1470. The van der Waals surface area contributed by atoms with Crippen LogP contribution in [0.2, 0.25) is 0 Å². The highest BCUT2D eigenvalue weighted by atomic mass is 32.2. The number of aromatic nitrogens is 5. The number of nitrogens with one attached hydrogen (secondary N) is 1. The molecule has 0 amide bonds. The van der Waals surface area contributed by atoms with E-state index in [1.807, 2.05) is 18.5 Å². The summed E-state index contributed by atoms with van der Waals surface area (Å²) in [5, 5.41) is 4.63. The fourth-order valence-corrected chi connectivity index (χ4v) is 6.58. The molecule has 0 bridgehead atoms. The molecule has 0 atom stereocenters. The Morgan fingerprint density at radius 3 is 2.37 bits per heavy atom. The number of rotatable bonds is 9. The van der Waals surface area contributed by atoms with Crippen LogP contribution in [0.15, 0.2) is 22.0 Å². The number of piperazine rings is 1. The SMILES string of the molecule is CCOc1ncc(S(=O)(=O)N2CCN(CC)CC2)cc1-c1nc2c(CC)n(C3CN(CC)C3)nc2c(=O)[nH]1. The lowest BCUT2D eigenvalue weighted by molar-refractivity contribution is 0.104. The van der Waals surface area contributed by atoms with Gasteiger partial charge in [0.05, 0.1) is 30.1 Å². The van der Waals surface area contributed by atoms with Gasteiger partial charge in [0.15, 0.2) is 5.52 Å². The van der Waals surface area contributed by atoms with Crippen LogP contribution in [0.25, 0.3) is 22.4 Å². The minimum absolute atomic E-state index is 0.0455. The number of ether oxygens (including phenoxy) is 1.